The summed E-state index contributed by atoms with van der Waals surface area (Å²) in [6.07, 6.45) is 2.90. The molecule has 0 aromatic heterocycles. The van der Waals surface area contributed by atoms with Gasteiger partial charge in [0.25, 0.3) is 5.91 Å². The minimum absolute atomic E-state index is 0.160. The molecule has 2 saturated heterocycles. The molecule has 1 N–H and O–H groups in total. The summed E-state index contributed by atoms with van der Waals surface area (Å²) in [4.78, 5) is 26.2. The van der Waals surface area contributed by atoms with Crippen molar-refractivity contribution in [1.82, 2.24) is 5.32 Å². The molecule has 6 heteroatoms. The zero-order chi connectivity index (χ0) is 16.9. The fraction of sp³-hybridized carbons (Fsp3) is 0.556. The van der Waals surface area contributed by atoms with Crippen LogP contribution in [0, 0.1) is 0 Å². The van der Waals surface area contributed by atoms with Crippen molar-refractivity contribution in [3.05, 3.63) is 24.3 Å². The molecular formula is C18H24N2O4. The summed E-state index contributed by atoms with van der Waals surface area (Å²) in [6, 6.07) is 6.92. The molecule has 0 aliphatic carbocycles. The second kappa shape index (κ2) is 7.77. The van der Waals surface area contributed by atoms with Crippen LogP contribution >= 0.6 is 0 Å². The second-order valence-corrected chi connectivity index (χ2v) is 6.22. The Morgan fingerprint density at radius 1 is 1.21 bits per heavy atom. The number of carbonyl (C=O) groups excluding carboxylic acids is 2. The quantitative estimate of drug-likeness (QED) is 0.806. The number of carbonyl (C=O) groups is 2. The number of hydrogen-bond donors (Lipinski definition) is 1. The Balaban J connectivity index is 1.65. The van der Waals surface area contributed by atoms with Crippen molar-refractivity contribution in [2.24, 2.45) is 0 Å². The Morgan fingerprint density at radius 3 is 2.58 bits per heavy atom. The van der Waals surface area contributed by atoms with Crippen molar-refractivity contribution in [2.45, 2.75) is 44.7 Å². The molecule has 1 aromatic rings. The van der Waals surface area contributed by atoms with Gasteiger partial charge in [0.15, 0.2) is 0 Å². The monoisotopic (exact) mass is 332 g/mol. The lowest BCUT2D eigenvalue weighted by molar-refractivity contribution is -0.121. The van der Waals surface area contributed by atoms with Crippen molar-refractivity contribution in [3.8, 4) is 5.75 Å². The number of anilines is 1. The molecule has 1 atom stereocenters. The van der Waals surface area contributed by atoms with Crippen LogP contribution in [0.5, 0.6) is 5.75 Å². The lowest BCUT2D eigenvalue weighted by Gasteiger charge is -2.25. The highest BCUT2D eigenvalue weighted by atomic mass is 16.5. The largest absolute Gasteiger partial charge is 0.494 e. The van der Waals surface area contributed by atoms with Crippen molar-refractivity contribution in [3.63, 3.8) is 0 Å². The number of nitrogens with one attached hydrogen (secondary N) is 1. The first-order valence-electron chi connectivity index (χ1n) is 8.62. The summed E-state index contributed by atoms with van der Waals surface area (Å²) < 4.78 is 10.9. The van der Waals surface area contributed by atoms with Gasteiger partial charge >= 0.3 is 0 Å². The molecule has 3 rings (SSSR count). The highest BCUT2D eigenvalue weighted by molar-refractivity contribution is 6.22. The van der Waals surface area contributed by atoms with E-state index in [0.717, 1.165) is 25.0 Å². The van der Waals surface area contributed by atoms with Crippen molar-refractivity contribution < 1.29 is 19.1 Å². The highest BCUT2D eigenvalue weighted by Gasteiger charge is 2.40. The van der Waals surface area contributed by atoms with Crippen LogP contribution in [0.1, 0.15) is 32.6 Å². The van der Waals surface area contributed by atoms with Gasteiger partial charge in [-0.25, -0.2) is 4.90 Å². The van der Waals surface area contributed by atoms with E-state index in [1.807, 2.05) is 6.92 Å². The molecule has 0 spiro atoms. The molecule has 0 radical (unpaired) electrons. The van der Waals surface area contributed by atoms with E-state index in [1.165, 1.54) is 4.90 Å². The van der Waals surface area contributed by atoms with Gasteiger partial charge in [0.1, 0.15) is 5.75 Å². The molecule has 1 aromatic carbocycles. The number of amides is 2. The average Bonchev–Trinajstić information content (AvgIpc) is 2.88. The van der Waals surface area contributed by atoms with E-state index in [-0.39, 0.29) is 24.3 Å². The minimum atomic E-state index is -0.434. The van der Waals surface area contributed by atoms with Crippen molar-refractivity contribution in [1.29, 1.82) is 0 Å². The first kappa shape index (κ1) is 16.9. The molecular weight excluding hydrogens is 308 g/mol. The summed E-state index contributed by atoms with van der Waals surface area (Å²) in [5.41, 5.74) is 0.602. The van der Waals surface area contributed by atoms with E-state index in [1.54, 1.807) is 24.3 Å². The molecule has 2 heterocycles. The Kier molecular flexibility index (Phi) is 5.48. The SMILES string of the molecule is CCCOc1ccc(N2C(=O)C[C@@H](NC3CCOCC3)C2=O)cc1. The summed E-state index contributed by atoms with van der Waals surface area (Å²) in [7, 11) is 0. The first-order chi connectivity index (χ1) is 11.7. The van der Waals surface area contributed by atoms with Crippen LogP contribution in [0.15, 0.2) is 24.3 Å². The highest BCUT2D eigenvalue weighted by Crippen LogP contribution is 2.26. The third-order valence-corrected chi connectivity index (χ3v) is 4.37. The molecule has 24 heavy (non-hydrogen) atoms. The maximum Gasteiger partial charge on any atom is 0.251 e. The fourth-order valence-corrected chi connectivity index (χ4v) is 3.09. The van der Waals surface area contributed by atoms with Crippen molar-refractivity contribution >= 4 is 17.5 Å². The summed E-state index contributed by atoms with van der Waals surface area (Å²) >= 11 is 0. The van der Waals surface area contributed by atoms with E-state index in [9.17, 15) is 9.59 Å². The topological polar surface area (TPSA) is 67.9 Å². The molecule has 2 fully saturated rings. The van der Waals surface area contributed by atoms with Crippen LogP contribution in [-0.2, 0) is 14.3 Å². The van der Waals surface area contributed by atoms with Crippen molar-refractivity contribution in [2.75, 3.05) is 24.7 Å². The molecule has 6 nitrogen and oxygen atoms in total. The van der Waals surface area contributed by atoms with Crippen LogP contribution in [0.25, 0.3) is 0 Å². The van der Waals surface area contributed by atoms with Gasteiger partial charge in [-0.15, -0.1) is 0 Å². The second-order valence-electron chi connectivity index (χ2n) is 6.22. The van der Waals surface area contributed by atoms with Crippen LogP contribution in [0.3, 0.4) is 0 Å². The number of hydrogen-bond acceptors (Lipinski definition) is 5. The minimum Gasteiger partial charge on any atom is -0.494 e. The Bertz CT molecular complexity index is 581. The van der Waals surface area contributed by atoms with Gasteiger partial charge in [-0.2, -0.15) is 0 Å². The third kappa shape index (κ3) is 3.76. The molecule has 0 unspecified atom stereocenters. The zero-order valence-corrected chi connectivity index (χ0v) is 14.0. The van der Waals surface area contributed by atoms with Crippen LogP contribution in [0.2, 0.25) is 0 Å². The lowest BCUT2D eigenvalue weighted by Crippen LogP contribution is -2.45. The van der Waals surface area contributed by atoms with E-state index in [2.05, 4.69) is 5.32 Å². The van der Waals surface area contributed by atoms with Crippen LogP contribution in [-0.4, -0.2) is 43.7 Å². The number of benzene rings is 1. The summed E-state index contributed by atoms with van der Waals surface area (Å²) in [5, 5.41) is 3.32. The summed E-state index contributed by atoms with van der Waals surface area (Å²) in [6.45, 7) is 4.10. The number of ether oxygens (including phenoxy) is 2. The zero-order valence-electron chi connectivity index (χ0n) is 14.0. The maximum atomic E-state index is 12.6. The molecule has 2 amide bonds. The number of imide groups is 1. The third-order valence-electron chi connectivity index (χ3n) is 4.37. The first-order valence-corrected chi connectivity index (χ1v) is 8.62. The normalized spacial score (nSPS) is 22.2. The summed E-state index contributed by atoms with van der Waals surface area (Å²) in [5.74, 6) is 0.414. The van der Waals surface area contributed by atoms with Gasteiger partial charge < -0.3 is 14.8 Å². The van der Waals surface area contributed by atoms with E-state index < -0.39 is 6.04 Å². The fourth-order valence-electron chi connectivity index (χ4n) is 3.09. The molecule has 2 aliphatic heterocycles. The lowest BCUT2D eigenvalue weighted by atomic mass is 10.1. The standard InChI is InChI=1S/C18H24N2O4/c1-2-9-24-15-5-3-14(4-6-15)20-17(21)12-16(18(20)22)19-13-7-10-23-11-8-13/h3-6,13,16,19H,2,7-12H2,1H3/t16-/m1/s1. The molecule has 0 saturated carbocycles. The van der Waals surface area contributed by atoms with Gasteiger partial charge in [0.2, 0.25) is 5.91 Å². The average molecular weight is 332 g/mol. The van der Waals surface area contributed by atoms with E-state index >= 15 is 0 Å². The van der Waals surface area contributed by atoms with Crippen LogP contribution in [0.4, 0.5) is 5.69 Å². The molecule has 0 bridgehead atoms. The molecule has 130 valence electrons. The predicted molar refractivity (Wildman–Crippen MR) is 90.1 cm³/mol. The maximum absolute atomic E-state index is 12.6. The van der Waals surface area contributed by atoms with E-state index in [4.69, 9.17) is 9.47 Å². The van der Waals surface area contributed by atoms with Gasteiger partial charge in [0.05, 0.1) is 24.8 Å². The Labute approximate surface area is 142 Å². The number of rotatable bonds is 6. The number of nitrogens with zero attached hydrogens (tertiary/aromatic N) is 1. The van der Waals surface area contributed by atoms with Gasteiger partial charge in [0, 0.05) is 19.3 Å². The molecule has 2 aliphatic rings. The predicted octanol–water partition coefficient (Wildman–Crippen LogP) is 1.88. The Morgan fingerprint density at radius 2 is 1.92 bits per heavy atom. The van der Waals surface area contributed by atoms with Gasteiger partial charge in [-0.1, -0.05) is 6.92 Å². The smallest absolute Gasteiger partial charge is 0.251 e. The Hall–Kier alpha value is -1.92. The van der Waals surface area contributed by atoms with Gasteiger partial charge in [-0.3, -0.25) is 9.59 Å². The van der Waals surface area contributed by atoms with Gasteiger partial charge in [-0.05, 0) is 43.5 Å². The van der Waals surface area contributed by atoms with E-state index in [0.29, 0.717) is 25.5 Å². The van der Waals surface area contributed by atoms with Crippen LogP contribution < -0.4 is 15.0 Å².